The molecule has 0 radical (unpaired) electrons. The first-order valence-electron chi connectivity index (χ1n) is 30.1. The quantitative estimate of drug-likeness (QED) is 0.0261. The van der Waals surface area contributed by atoms with Crippen LogP contribution in [0.4, 0.5) is 0 Å². The summed E-state index contributed by atoms with van der Waals surface area (Å²) in [5.74, 6) is -0.889. The van der Waals surface area contributed by atoms with Crippen molar-refractivity contribution in [3.63, 3.8) is 0 Å². The van der Waals surface area contributed by atoms with Crippen molar-refractivity contribution in [1.82, 2.24) is 0 Å². The summed E-state index contributed by atoms with van der Waals surface area (Å²) in [4.78, 5) is 38.0. The molecule has 0 aliphatic carbocycles. The number of esters is 3. The molecule has 71 heavy (non-hydrogen) atoms. The van der Waals surface area contributed by atoms with Crippen LogP contribution in [0.25, 0.3) is 0 Å². The zero-order valence-electron chi connectivity index (χ0n) is 46.7. The summed E-state index contributed by atoms with van der Waals surface area (Å²) < 4.78 is 16.8. The van der Waals surface area contributed by atoms with Gasteiger partial charge in [-0.3, -0.25) is 14.4 Å². The van der Waals surface area contributed by atoms with Crippen LogP contribution in [0.2, 0.25) is 0 Å². The lowest BCUT2D eigenvalue weighted by molar-refractivity contribution is -0.167. The summed E-state index contributed by atoms with van der Waals surface area (Å²) in [5.41, 5.74) is 0. The van der Waals surface area contributed by atoms with Gasteiger partial charge in [-0.05, 0) is 96.3 Å². The standard InChI is InChI=1S/C65H112O6/c1-4-7-10-13-16-18-20-22-24-26-28-30-31-32-33-35-36-38-40-42-44-46-49-52-55-58-64(67)70-61-62(60-69-63(66)57-54-51-48-15-12-9-6-3)71-65(68)59-56-53-50-47-45-43-41-39-37-34-29-27-25-23-21-19-17-14-11-8-5-2/h7,10,16,18,21-24,27-30,32-33,62H,4-6,8-9,11-15,17,19-20,25-26,31,34-61H2,1-3H3/b10-7-,18-16-,23-21-,24-22-,29-27-,30-28-,33-32-. The second-order valence-electron chi connectivity index (χ2n) is 19.9. The van der Waals surface area contributed by atoms with Crippen molar-refractivity contribution in [3.05, 3.63) is 85.1 Å². The van der Waals surface area contributed by atoms with Crippen molar-refractivity contribution in [2.45, 2.75) is 297 Å². The van der Waals surface area contributed by atoms with E-state index in [4.69, 9.17) is 14.2 Å². The lowest BCUT2D eigenvalue weighted by atomic mass is 10.1. The van der Waals surface area contributed by atoms with Crippen LogP contribution in [-0.2, 0) is 28.6 Å². The number of hydrogen-bond acceptors (Lipinski definition) is 6. The van der Waals surface area contributed by atoms with E-state index in [1.807, 2.05) is 0 Å². The normalized spacial score (nSPS) is 12.7. The van der Waals surface area contributed by atoms with Gasteiger partial charge in [0.25, 0.3) is 0 Å². The van der Waals surface area contributed by atoms with Crippen molar-refractivity contribution >= 4 is 17.9 Å². The molecule has 0 saturated heterocycles. The molecule has 0 aromatic heterocycles. The number of rotatable bonds is 54. The summed E-state index contributed by atoms with van der Waals surface area (Å²) in [5, 5.41) is 0. The third kappa shape index (κ3) is 57.4. The molecule has 0 N–H and O–H groups in total. The van der Waals surface area contributed by atoms with E-state index in [1.54, 1.807) is 0 Å². The Morgan fingerprint density at radius 3 is 0.859 bits per heavy atom. The van der Waals surface area contributed by atoms with Crippen LogP contribution in [0, 0.1) is 0 Å². The Labute approximate surface area is 439 Å². The first-order chi connectivity index (χ1) is 35.0. The molecular formula is C65H112O6. The molecule has 0 spiro atoms. The van der Waals surface area contributed by atoms with Gasteiger partial charge in [0.05, 0.1) is 0 Å². The van der Waals surface area contributed by atoms with Crippen LogP contribution in [0.1, 0.15) is 290 Å². The minimum atomic E-state index is -0.779. The van der Waals surface area contributed by atoms with Gasteiger partial charge in [-0.1, -0.05) is 260 Å². The maximum atomic E-state index is 12.8. The van der Waals surface area contributed by atoms with Crippen molar-refractivity contribution in [1.29, 1.82) is 0 Å². The molecule has 0 fully saturated rings. The Kier molecular flexibility index (Phi) is 56.3. The smallest absolute Gasteiger partial charge is 0.306 e. The third-order valence-corrected chi connectivity index (χ3v) is 12.9. The van der Waals surface area contributed by atoms with Gasteiger partial charge < -0.3 is 14.2 Å². The van der Waals surface area contributed by atoms with Gasteiger partial charge in [-0.25, -0.2) is 0 Å². The zero-order chi connectivity index (χ0) is 51.4. The van der Waals surface area contributed by atoms with Crippen molar-refractivity contribution in [2.24, 2.45) is 0 Å². The molecule has 0 bridgehead atoms. The molecule has 0 heterocycles. The third-order valence-electron chi connectivity index (χ3n) is 12.9. The number of carbonyl (C=O) groups is 3. The highest BCUT2D eigenvalue weighted by molar-refractivity contribution is 5.71. The van der Waals surface area contributed by atoms with Gasteiger partial charge in [0.2, 0.25) is 0 Å². The Balaban J connectivity index is 4.19. The van der Waals surface area contributed by atoms with E-state index in [1.165, 1.54) is 148 Å². The highest BCUT2D eigenvalue weighted by atomic mass is 16.6. The second kappa shape index (κ2) is 59.2. The van der Waals surface area contributed by atoms with Gasteiger partial charge >= 0.3 is 17.9 Å². The van der Waals surface area contributed by atoms with Gasteiger partial charge in [0.1, 0.15) is 13.2 Å². The SMILES string of the molecule is CC/C=C\C/C=C\C/C=C\C/C=C\C/C=C\CCCCCCCCCCCC(=O)OCC(COC(=O)CCCCCCCCC)OC(=O)CCCCCCCCCCC/C=C\C/C=C\CCCCCCC. The summed E-state index contributed by atoms with van der Waals surface area (Å²) >= 11 is 0. The highest BCUT2D eigenvalue weighted by Crippen LogP contribution is 2.15. The molecule has 408 valence electrons. The molecule has 1 atom stereocenters. The Hall–Kier alpha value is -3.41. The van der Waals surface area contributed by atoms with Gasteiger partial charge in [0, 0.05) is 19.3 Å². The topological polar surface area (TPSA) is 78.9 Å². The van der Waals surface area contributed by atoms with Crippen molar-refractivity contribution < 1.29 is 28.6 Å². The van der Waals surface area contributed by atoms with E-state index in [0.717, 1.165) is 103 Å². The van der Waals surface area contributed by atoms with Gasteiger partial charge in [-0.15, -0.1) is 0 Å². The molecule has 0 rings (SSSR count). The van der Waals surface area contributed by atoms with Crippen LogP contribution in [-0.4, -0.2) is 37.2 Å². The minimum Gasteiger partial charge on any atom is -0.462 e. The van der Waals surface area contributed by atoms with E-state index in [9.17, 15) is 14.4 Å². The maximum absolute atomic E-state index is 12.8. The van der Waals surface area contributed by atoms with Crippen LogP contribution in [0.15, 0.2) is 85.1 Å². The fourth-order valence-corrected chi connectivity index (χ4v) is 8.38. The fraction of sp³-hybridized carbons (Fsp3) is 0.738. The number of allylic oxidation sites excluding steroid dienone is 14. The molecule has 0 aromatic rings. The molecule has 6 heteroatoms. The van der Waals surface area contributed by atoms with Crippen LogP contribution in [0.3, 0.4) is 0 Å². The summed E-state index contributed by atoms with van der Waals surface area (Å²) in [6, 6.07) is 0. The molecule has 0 aromatic carbocycles. The molecular weight excluding hydrogens is 877 g/mol. The number of carbonyl (C=O) groups excluding carboxylic acids is 3. The maximum Gasteiger partial charge on any atom is 0.306 e. The largest absolute Gasteiger partial charge is 0.462 e. The number of ether oxygens (including phenoxy) is 3. The van der Waals surface area contributed by atoms with Gasteiger partial charge in [-0.2, -0.15) is 0 Å². The van der Waals surface area contributed by atoms with Crippen LogP contribution in [0.5, 0.6) is 0 Å². The second-order valence-corrected chi connectivity index (χ2v) is 19.9. The van der Waals surface area contributed by atoms with E-state index in [2.05, 4.69) is 106 Å². The monoisotopic (exact) mass is 989 g/mol. The molecule has 0 aliphatic heterocycles. The Morgan fingerprint density at radius 1 is 0.296 bits per heavy atom. The van der Waals surface area contributed by atoms with E-state index < -0.39 is 6.10 Å². The van der Waals surface area contributed by atoms with Crippen molar-refractivity contribution in [2.75, 3.05) is 13.2 Å². The predicted octanol–water partition coefficient (Wildman–Crippen LogP) is 20.3. The van der Waals surface area contributed by atoms with Gasteiger partial charge in [0.15, 0.2) is 6.10 Å². The average Bonchev–Trinajstić information content (AvgIpc) is 3.37. The lowest BCUT2D eigenvalue weighted by Gasteiger charge is -2.18. The van der Waals surface area contributed by atoms with Crippen LogP contribution >= 0.6 is 0 Å². The first-order valence-corrected chi connectivity index (χ1v) is 30.1. The number of hydrogen-bond donors (Lipinski definition) is 0. The summed E-state index contributed by atoms with van der Waals surface area (Å²) in [7, 11) is 0. The van der Waals surface area contributed by atoms with Crippen LogP contribution < -0.4 is 0 Å². The van der Waals surface area contributed by atoms with E-state index >= 15 is 0 Å². The minimum absolute atomic E-state index is 0.0787. The summed E-state index contributed by atoms with van der Waals surface area (Å²) in [6.45, 7) is 6.48. The fourth-order valence-electron chi connectivity index (χ4n) is 8.38. The molecule has 0 amide bonds. The molecule has 1 unspecified atom stereocenters. The average molecular weight is 990 g/mol. The predicted molar refractivity (Wildman–Crippen MR) is 307 cm³/mol. The zero-order valence-corrected chi connectivity index (χ0v) is 46.7. The molecule has 0 aliphatic rings. The van der Waals surface area contributed by atoms with E-state index in [0.29, 0.717) is 19.3 Å². The molecule has 6 nitrogen and oxygen atoms in total. The first kappa shape index (κ1) is 67.6. The Bertz CT molecular complexity index is 1370. The summed E-state index contributed by atoms with van der Waals surface area (Å²) in [6.07, 6.45) is 77.4. The van der Waals surface area contributed by atoms with E-state index in [-0.39, 0.29) is 31.1 Å². The highest BCUT2D eigenvalue weighted by Gasteiger charge is 2.19. The molecule has 0 saturated carbocycles. The lowest BCUT2D eigenvalue weighted by Crippen LogP contribution is -2.30. The number of unbranched alkanes of at least 4 members (excludes halogenated alkanes) is 29. The Morgan fingerprint density at radius 2 is 0.549 bits per heavy atom. The van der Waals surface area contributed by atoms with Crippen molar-refractivity contribution in [3.8, 4) is 0 Å².